The van der Waals surface area contributed by atoms with Gasteiger partial charge < -0.3 is 14.6 Å². The van der Waals surface area contributed by atoms with E-state index in [9.17, 15) is 14.7 Å². The quantitative estimate of drug-likeness (QED) is 0.316. The molecule has 8 nitrogen and oxygen atoms in total. The summed E-state index contributed by atoms with van der Waals surface area (Å²) in [4.78, 5) is 27.6. The first kappa shape index (κ1) is 22.5. The molecule has 0 spiro atoms. The Hall–Kier alpha value is -3.72. The normalized spacial score (nSPS) is 17.4. The topological polar surface area (TPSA) is 102 Å². The van der Waals surface area contributed by atoms with Gasteiger partial charge in [0, 0.05) is 5.56 Å². The summed E-state index contributed by atoms with van der Waals surface area (Å²) in [5.74, 6) is -0.622. The number of aliphatic hydroxyl groups is 1. The Balaban J connectivity index is 1.88. The SMILES string of the molecule is CCCOc1cccc(C2/C(=C(\O)c3ccc(OC)cc3)C(=O)C(=O)N2c2nnc(C)s2)c1. The summed E-state index contributed by atoms with van der Waals surface area (Å²) in [5.41, 5.74) is 0.988. The highest BCUT2D eigenvalue weighted by atomic mass is 32.1. The van der Waals surface area contributed by atoms with Crippen LogP contribution in [0.3, 0.4) is 0 Å². The van der Waals surface area contributed by atoms with Crippen LogP contribution in [0.4, 0.5) is 5.13 Å². The summed E-state index contributed by atoms with van der Waals surface area (Å²) in [7, 11) is 1.54. The van der Waals surface area contributed by atoms with Crippen LogP contribution in [-0.2, 0) is 9.59 Å². The molecule has 0 saturated carbocycles. The van der Waals surface area contributed by atoms with E-state index in [4.69, 9.17) is 9.47 Å². The number of carbonyl (C=O) groups is 2. The highest BCUT2D eigenvalue weighted by molar-refractivity contribution is 7.15. The molecule has 1 amide bonds. The lowest BCUT2D eigenvalue weighted by Crippen LogP contribution is -2.29. The number of methoxy groups -OCH3 is 1. The van der Waals surface area contributed by atoms with Crippen molar-refractivity contribution >= 4 is 33.9 Å². The summed E-state index contributed by atoms with van der Waals surface area (Å²) < 4.78 is 10.9. The Labute approximate surface area is 195 Å². The highest BCUT2D eigenvalue weighted by Crippen LogP contribution is 2.43. The molecule has 1 aromatic heterocycles. The van der Waals surface area contributed by atoms with Gasteiger partial charge in [-0.15, -0.1) is 10.2 Å². The smallest absolute Gasteiger partial charge is 0.301 e. The Kier molecular flexibility index (Phi) is 6.41. The van der Waals surface area contributed by atoms with Gasteiger partial charge in [-0.05, 0) is 55.3 Å². The van der Waals surface area contributed by atoms with E-state index < -0.39 is 17.7 Å². The zero-order valence-electron chi connectivity index (χ0n) is 18.4. The lowest BCUT2D eigenvalue weighted by Gasteiger charge is -2.23. The molecule has 0 radical (unpaired) electrons. The third-order valence-corrected chi connectivity index (χ3v) is 6.01. The van der Waals surface area contributed by atoms with Crippen LogP contribution in [0.25, 0.3) is 5.76 Å². The van der Waals surface area contributed by atoms with Crippen molar-refractivity contribution in [1.82, 2.24) is 10.2 Å². The standard InChI is InChI=1S/C24H23N3O5S/c1-4-12-32-18-7-5-6-16(13-18)20-19(21(28)15-8-10-17(31-3)11-9-15)22(29)23(30)27(20)24-26-25-14(2)33-24/h5-11,13,20,28H,4,12H2,1-3H3/b21-19+. The van der Waals surface area contributed by atoms with E-state index in [1.165, 1.54) is 23.3 Å². The first-order chi connectivity index (χ1) is 15.9. The van der Waals surface area contributed by atoms with Gasteiger partial charge in [-0.1, -0.05) is 30.4 Å². The van der Waals surface area contributed by atoms with Gasteiger partial charge >= 0.3 is 5.91 Å². The van der Waals surface area contributed by atoms with Crippen molar-refractivity contribution in [3.8, 4) is 11.5 Å². The second-order valence-corrected chi connectivity index (χ2v) is 8.58. The lowest BCUT2D eigenvalue weighted by atomic mass is 9.95. The third-order valence-electron chi connectivity index (χ3n) is 5.18. The second-order valence-electron chi connectivity index (χ2n) is 7.42. The van der Waals surface area contributed by atoms with Gasteiger partial charge in [0.2, 0.25) is 5.13 Å². The molecule has 33 heavy (non-hydrogen) atoms. The van der Waals surface area contributed by atoms with Crippen molar-refractivity contribution in [3.05, 3.63) is 70.2 Å². The third kappa shape index (κ3) is 4.31. The fourth-order valence-corrected chi connectivity index (χ4v) is 4.34. The van der Waals surface area contributed by atoms with Crippen molar-refractivity contribution in [2.45, 2.75) is 26.3 Å². The van der Waals surface area contributed by atoms with E-state index in [2.05, 4.69) is 10.2 Å². The average molecular weight is 466 g/mol. The number of aryl methyl sites for hydroxylation is 1. The number of hydrogen-bond acceptors (Lipinski definition) is 8. The Bertz CT molecular complexity index is 1220. The number of Topliss-reactive ketones (excluding diaryl/α,β-unsaturated/α-hetero) is 1. The van der Waals surface area contributed by atoms with Crippen molar-refractivity contribution in [3.63, 3.8) is 0 Å². The number of carbonyl (C=O) groups excluding carboxylic acids is 2. The average Bonchev–Trinajstić information content (AvgIpc) is 3.38. The number of aromatic nitrogens is 2. The molecule has 2 aromatic carbocycles. The van der Waals surface area contributed by atoms with Gasteiger partial charge in [0.15, 0.2) is 0 Å². The van der Waals surface area contributed by atoms with E-state index in [0.29, 0.717) is 34.2 Å². The molecule has 170 valence electrons. The van der Waals surface area contributed by atoms with Crippen LogP contribution < -0.4 is 14.4 Å². The van der Waals surface area contributed by atoms with Crippen LogP contribution in [0.15, 0.2) is 54.1 Å². The van der Waals surface area contributed by atoms with E-state index in [-0.39, 0.29) is 16.5 Å². The molecule has 1 unspecified atom stereocenters. The minimum Gasteiger partial charge on any atom is -0.507 e. The fourth-order valence-electron chi connectivity index (χ4n) is 3.63. The molecule has 1 aliphatic rings. The van der Waals surface area contributed by atoms with Crippen LogP contribution >= 0.6 is 11.3 Å². The maximum absolute atomic E-state index is 13.2. The molecule has 1 saturated heterocycles. The molecule has 0 bridgehead atoms. The Morgan fingerprint density at radius 1 is 1.12 bits per heavy atom. The second kappa shape index (κ2) is 9.41. The molecule has 1 atom stereocenters. The van der Waals surface area contributed by atoms with Crippen molar-refractivity contribution in [2.75, 3.05) is 18.6 Å². The van der Waals surface area contributed by atoms with Gasteiger partial charge in [0.25, 0.3) is 5.78 Å². The zero-order chi connectivity index (χ0) is 23.5. The van der Waals surface area contributed by atoms with E-state index in [1.807, 2.05) is 13.0 Å². The number of rotatable bonds is 7. The predicted molar refractivity (Wildman–Crippen MR) is 125 cm³/mol. The number of aliphatic hydroxyl groups excluding tert-OH is 1. The lowest BCUT2D eigenvalue weighted by molar-refractivity contribution is -0.132. The largest absolute Gasteiger partial charge is 0.507 e. The van der Waals surface area contributed by atoms with Gasteiger partial charge in [-0.3, -0.25) is 14.5 Å². The molecule has 1 N–H and O–H groups in total. The molecule has 3 aromatic rings. The maximum Gasteiger partial charge on any atom is 0.301 e. The van der Waals surface area contributed by atoms with Crippen molar-refractivity contribution in [2.24, 2.45) is 0 Å². The van der Waals surface area contributed by atoms with Crippen LogP contribution in [0, 0.1) is 6.92 Å². The van der Waals surface area contributed by atoms with Crippen LogP contribution in [0.2, 0.25) is 0 Å². The number of hydrogen-bond donors (Lipinski definition) is 1. The summed E-state index contributed by atoms with van der Waals surface area (Å²) in [5, 5.41) is 20.2. The predicted octanol–water partition coefficient (Wildman–Crippen LogP) is 4.27. The van der Waals surface area contributed by atoms with Gasteiger partial charge in [0.1, 0.15) is 22.3 Å². The number of ketones is 1. The summed E-state index contributed by atoms with van der Waals surface area (Å²) >= 11 is 1.20. The first-order valence-electron chi connectivity index (χ1n) is 10.4. The minimum atomic E-state index is -0.885. The number of benzene rings is 2. The van der Waals surface area contributed by atoms with E-state index in [1.54, 1.807) is 49.4 Å². The number of nitrogens with zero attached hydrogens (tertiary/aromatic N) is 3. The fraction of sp³-hybridized carbons (Fsp3) is 0.250. The van der Waals surface area contributed by atoms with E-state index in [0.717, 1.165) is 6.42 Å². The molecule has 1 aliphatic heterocycles. The summed E-state index contributed by atoms with van der Waals surface area (Å²) in [6.07, 6.45) is 0.838. The Morgan fingerprint density at radius 3 is 2.52 bits per heavy atom. The Morgan fingerprint density at radius 2 is 1.88 bits per heavy atom. The maximum atomic E-state index is 13.2. The molecule has 4 rings (SSSR count). The molecular formula is C24H23N3O5S. The summed E-state index contributed by atoms with van der Waals surface area (Å²) in [6.45, 7) is 4.31. The van der Waals surface area contributed by atoms with Crippen molar-refractivity contribution in [1.29, 1.82) is 0 Å². The zero-order valence-corrected chi connectivity index (χ0v) is 19.3. The minimum absolute atomic E-state index is 0.0225. The van der Waals surface area contributed by atoms with Gasteiger partial charge in [-0.2, -0.15) is 0 Å². The highest BCUT2D eigenvalue weighted by Gasteiger charge is 2.48. The number of ether oxygens (including phenoxy) is 2. The molecule has 9 heteroatoms. The number of amides is 1. The molecule has 0 aliphatic carbocycles. The first-order valence-corrected chi connectivity index (χ1v) is 11.2. The van der Waals surface area contributed by atoms with Crippen LogP contribution in [-0.4, -0.2) is 40.7 Å². The monoisotopic (exact) mass is 465 g/mol. The van der Waals surface area contributed by atoms with E-state index >= 15 is 0 Å². The summed E-state index contributed by atoms with van der Waals surface area (Å²) in [6, 6.07) is 12.9. The van der Waals surface area contributed by atoms with Crippen molar-refractivity contribution < 1.29 is 24.2 Å². The van der Waals surface area contributed by atoms with Crippen LogP contribution in [0.1, 0.15) is 35.5 Å². The van der Waals surface area contributed by atoms with Gasteiger partial charge in [0.05, 0.1) is 25.3 Å². The molecule has 1 fully saturated rings. The molecule has 2 heterocycles. The number of anilines is 1. The van der Waals surface area contributed by atoms with Gasteiger partial charge in [-0.25, -0.2) is 0 Å². The molecular weight excluding hydrogens is 442 g/mol. The van der Waals surface area contributed by atoms with Crippen LogP contribution in [0.5, 0.6) is 11.5 Å².